The number of ether oxygens (including phenoxy) is 2. The van der Waals surface area contributed by atoms with E-state index in [2.05, 4.69) is 16.0 Å². The van der Waals surface area contributed by atoms with Gasteiger partial charge in [-0.2, -0.15) is 0 Å². The monoisotopic (exact) mass is 613 g/mol. The number of hydrogen-bond acceptors (Lipinski definition) is 6. The normalized spacial score (nSPS) is 18.9. The van der Waals surface area contributed by atoms with E-state index in [0.717, 1.165) is 50.3 Å². The zero-order chi connectivity index (χ0) is 30.4. The lowest BCUT2D eigenvalue weighted by Crippen LogP contribution is -2.54. The van der Waals surface area contributed by atoms with Crippen molar-refractivity contribution in [3.8, 4) is 5.75 Å². The van der Waals surface area contributed by atoms with Crippen LogP contribution in [0.4, 0.5) is 30.2 Å². The van der Waals surface area contributed by atoms with Crippen molar-refractivity contribution in [2.24, 2.45) is 11.8 Å². The number of fused-ring (bicyclic) bond motifs is 1. The van der Waals surface area contributed by atoms with E-state index in [9.17, 15) is 18.4 Å². The van der Waals surface area contributed by atoms with Gasteiger partial charge in [-0.1, -0.05) is 43.0 Å². The van der Waals surface area contributed by atoms with Crippen molar-refractivity contribution in [1.82, 2.24) is 0 Å². The molecule has 0 aromatic heterocycles. The molecular weight excluding hydrogens is 583 g/mol. The molecule has 7 nitrogen and oxygen atoms in total. The van der Waals surface area contributed by atoms with E-state index in [1.54, 1.807) is 24.3 Å². The lowest BCUT2D eigenvalue weighted by molar-refractivity contribution is -0.151. The highest BCUT2D eigenvalue weighted by Gasteiger charge is 2.55. The van der Waals surface area contributed by atoms with E-state index in [0.29, 0.717) is 34.8 Å². The Bertz CT molecular complexity index is 1530. The number of anilines is 3. The standard InChI is InChI=1S/C32H31ClF3N3O4/c1-42-30(41)31(13-14-31)43-21-11-12-25(24(36)15-21)37-29(40)28(18-5-3-2-4-6-18)32(19-7-9-20(33)10-8-19)38-26-16-22(34)23(35)17-27(26)39-32/h7-12,15-18,28,38-39H,2-6,13-14H2,1H3,(H,37,40). The molecule has 1 aliphatic heterocycles. The highest BCUT2D eigenvalue weighted by Crippen LogP contribution is 2.50. The Morgan fingerprint density at radius 3 is 2.09 bits per heavy atom. The van der Waals surface area contributed by atoms with E-state index >= 15 is 4.39 Å². The smallest absolute Gasteiger partial charge is 0.350 e. The minimum atomic E-state index is -1.32. The Morgan fingerprint density at radius 1 is 0.907 bits per heavy atom. The number of carbonyl (C=O) groups excluding carboxylic acids is 2. The molecule has 0 spiro atoms. The lowest BCUT2D eigenvalue weighted by Gasteiger charge is -2.43. The molecule has 3 aromatic rings. The molecule has 43 heavy (non-hydrogen) atoms. The van der Waals surface area contributed by atoms with Gasteiger partial charge in [-0.05, 0) is 48.6 Å². The van der Waals surface area contributed by atoms with Gasteiger partial charge in [-0.15, -0.1) is 0 Å². The largest absolute Gasteiger partial charge is 0.475 e. The number of carbonyl (C=O) groups is 2. The van der Waals surface area contributed by atoms with Gasteiger partial charge in [0.05, 0.1) is 30.1 Å². The second-order valence-electron chi connectivity index (χ2n) is 11.5. The molecule has 3 N–H and O–H groups in total. The van der Waals surface area contributed by atoms with Crippen molar-refractivity contribution >= 4 is 40.5 Å². The van der Waals surface area contributed by atoms with Gasteiger partial charge in [0.1, 0.15) is 17.2 Å². The van der Waals surface area contributed by atoms with Gasteiger partial charge in [0.25, 0.3) is 0 Å². The van der Waals surface area contributed by atoms with Crippen LogP contribution in [0.1, 0.15) is 50.5 Å². The number of methoxy groups -OCH3 is 1. The fraction of sp³-hybridized carbons (Fsp3) is 0.375. The van der Waals surface area contributed by atoms with E-state index in [-0.39, 0.29) is 17.4 Å². The summed E-state index contributed by atoms with van der Waals surface area (Å²) in [5.74, 6) is -4.63. The Kier molecular flexibility index (Phi) is 7.66. The maximum Gasteiger partial charge on any atom is 0.350 e. The van der Waals surface area contributed by atoms with Crippen LogP contribution in [-0.2, 0) is 20.0 Å². The molecule has 6 rings (SSSR count). The summed E-state index contributed by atoms with van der Waals surface area (Å²) in [4.78, 5) is 26.4. The molecule has 1 amide bonds. The predicted molar refractivity (Wildman–Crippen MR) is 156 cm³/mol. The summed E-state index contributed by atoms with van der Waals surface area (Å²) >= 11 is 6.20. The summed E-state index contributed by atoms with van der Waals surface area (Å²) in [6.07, 6.45) is 5.24. The van der Waals surface area contributed by atoms with Gasteiger partial charge in [0.2, 0.25) is 11.5 Å². The number of esters is 1. The maximum absolute atomic E-state index is 15.4. The molecule has 2 aliphatic carbocycles. The average Bonchev–Trinajstić information content (AvgIpc) is 3.69. The first-order valence-electron chi connectivity index (χ1n) is 14.3. The lowest BCUT2D eigenvalue weighted by atomic mass is 9.71. The van der Waals surface area contributed by atoms with Crippen LogP contribution in [0, 0.1) is 29.3 Å². The highest BCUT2D eigenvalue weighted by atomic mass is 35.5. The van der Waals surface area contributed by atoms with Crippen LogP contribution >= 0.6 is 11.6 Å². The molecule has 3 aliphatic rings. The van der Waals surface area contributed by atoms with Gasteiger partial charge in [0.15, 0.2) is 11.6 Å². The van der Waals surface area contributed by atoms with Gasteiger partial charge >= 0.3 is 5.97 Å². The zero-order valence-electron chi connectivity index (χ0n) is 23.4. The number of rotatable bonds is 8. The Morgan fingerprint density at radius 2 is 1.53 bits per heavy atom. The molecule has 2 saturated carbocycles. The van der Waals surface area contributed by atoms with Crippen molar-refractivity contribution in [1.29, 1.82) is 0 Å². The van der Waals surface area contributed by atoms with Crippen molar-refractivity contribution in [3.05, 3.63) is 82.6 Å². The molecule has 226 valence electrons. The van der Waals surface area contributed by atoms with Crippen LogP contribution in [-0.4, -0.2) is 24.6 Å². The first kappa shape index (κ1) is 29.2. The zero-order valence-corrected chi connectivity index (χ0v) is 24.2. The van der Waals surface area contributed by atoms with Crippen molar-refractivity contribution in [3.63, 3.8) is 0 Å². The van der Waals surface area contributed by atoms with Crippen LogP contribution in [0.15, 0.2) is 54.6 Å². The quantitative estimate of drug-likeness (QED) is 0.230. The molecule has 3 aromatic carbocycles. The SMILES string of the molecule is COC(=O)C1(Oc2ccc(NC(=O)C(C3CCCCC3)C3(c4ccc(Cl)cc4)Nc4cc(F)c(F)cc4N3)c(F)c2)CC1. The minimum absolute atomic E-state index is 0.0695. The number of amides is 1. The van der Waals surface area contributed by atoms with Gasteiger partial charge in [0, 0.05) is 36.1 Å². The molecule has 0 radical (unpaired) electrons. The van der Waals surface area contributed by atoms with E-state index in [1.165, 1.54) is 19.2 Å². The summed E-state index contributed by atoms with van der Waals surface area (Å²) in [6, 6.07) is 13.0. The van der Waals surface area contributed by atoms with E-state index in [4.69, 9.17) is 21.1 Å². The Hall–Kier alpha value is -3.92. The van der Waals surface area contributed by atoms with Crippen molar-refractivity contribution < 1.29 is 32.2 Å². The third kappa shape index (κ3) is 5.48. The number of hydrogen-bond donors (Lipinski definition) is 3. The topological polar surface area (TPSA) is 88.7 Å². The molecule has 0 bridgehead atoms. The fourth-order valence-electron chi connectivity index (χ4n) is 6.38. The molecule has 11 heteroatoms. The first-order valence-corrected chi connectivity index (χ1v) is 14.7. The molecular formula is C32H31ClF3N3O4. The van der Waals surface area contributed by atoms with Crippen LogP contribution in [0.2, 0.25) is 5.02 Å². The summed E-state index contributed by atoms with van der Waals surface area (Å²) in [5.41, 5.74) is -1.28. The van der Waals surface area contributed by atoms with Crippen LogP contribution < -0.4 is 20.7 Å². The summed E-state index contributed by atoms with van der Waals surface area (Å²) in [5, 5.41) is 9.86. The van der Waals surface area contributed by atoms with Crippen LogP contribution in [0.5, 0.6) is 5.75 Å². The minimum Gasteiger partial charge on any atom is -0.475 e. The molecule has 1 heterocycles. The summed E-state index contributed by atoms with van der Waals surface area (Å²) in [7, 11) is 1.27. The van der Waals surface area contributed by atoms with Gasteiger partial charge < -0.3 is 25.4 Å². The summed E-state index contributed by atoms with van der Waals surface area (Å²) in [6.45, 7) is 0. The van der Waals surface area contributed by atoms with Gasteiger partial charge in [-0.25, -0.2) is 18.0 Å². The first-order chi connectivity index (χ1) is 20.6. The number of nitrogens with one attached hydrogen (secondary N) is 3. The Balaban J connectivity index is 1.36. The second-order valence-corrected chi connectivity index (χ2v) is 11.9. The number of benzene rings is 3. The van der Waals surface area contributed by atoms with E-state index < -0.39 is 46.5 Å². The van der Waals surface area contributed by atoms with Crippen LogP contribution in [0.25, 0.3) is 0 Å². The van der Waals surface area contributed by atoms with Gasteiger partial charge in [-0.3, -0.25) is 4.79 Å². The predicted octanol–water partition coefficient (Wildman–Crippen LogP) is 7.37. The Labute approximate surface area is 252 Å². The summed E-state index contributed by atoms with van der Waals surface area (Å²) < 4.78 is 54.6. The second kappa shape index (κ2) is 11.3. The van der Waals surface area contributed by atoms with Crippen LogP contribution in [0.3, 0.4) is 0 Å². The molecule has 1 atom stereocenters. The van der Waals surface area contributed by atoms with Crippen molar-refractivity contribution in [2.45, 2.75) is 56.2 Å². The highest BCUT2D eigenvalue weighted by molar-refractivity contribution is 6.30. The molecule has 2 fully saturated rings. The number of halogens is 4. The fourth-order valence-corrected chi connectivity index (χ4v) is 6.50. The third-order valence-corrected chi connectivity index (χ3v) is 8.92. The third-order valence-electron chi connectivity index (χ3n) is 8.67. The van der Waals surface area contributed by atoms with E-state index in [1.807, 2.05) is 0 Å². The maximum atomic E-state index is 15.4. The molecule has 0 saturated heterocycles. The molecule has 1 unspecified atom stereocenters. The van der Waals surface area contributed by atoms with Crippen molar-refractivity contribution in [2.75, 3.05) is 23.1 Å². The average molecular weight is 614 g/mol.